The second-order valence-electron chi connectivity index (χ2n) is 4.48. The summed E-state index contributed by atoms with van der Waals surface area (Å²) in [5, 5.41) is 5.95. The molecule has 0 bridgehead atoms. The van der Waals surface area contributed by atoms with E-state index >= 15 is 0 Å². The lowest BCUT2D eigenvalue weighted by molar-refractivity contribution is -0.120. The first-order valence-corrected chi connectivity index (χ1v) is 7.04. The van der Waals surface area contributed by atoms with Crippen LogP contribution in [0.4, 0.5) is 11.6 Å². The third-order valence-corrected chi connectivity index (χ3v) is 2.62. The Kier molecular flexibility index (Phi) is 7.34. The summed E-state index contributed by atoms with van der Waals surface area (Å²) in [5.41, 5.74) is 2.52. The number of nitrogens with zero attached hydrogens (tertiary/aromatic N) is 2. The molecule has 0 aliphatic heterocycles. The Bertz CT molecular complexity index is 423. The minimum Gasteiger partial charge on any atom is -0.369 e. The molecule has 0 saturated heterocycles. The van der Waals surface area contributed by atoms with Crippen molar-refractivity contribution in [2.24, 2.45) is 5.84 Å². The predicted molar refractivity (Wildman–Crippen MR) is 80.2 cm³/mol. The minimum absolute atomic E-state index is 0.0411. The van der Waals surface area contributed by atoms with Gasteiger partial charge >= 0.3 is 0 Å². The number of nitrogens with two attached hydrogens (primary N) is 1. The van der Waals surface area contributed by atoms with E-state index in [1.54, 1.807) is 6.07 Å². The number of hydrogen-bond donors (Lipinski definition) is 4. The lowest BCUT2D eigenvalue weighted by Crippen LogP contribution is -2.26. The highest BCUT2D eigenvalue weighted by Crippen LogP contribution is 2.11. The first kappa shape index (κ1) is 16.2. The van der Waals surface area contributed by atoms with Crippen LogP contribution in [0.1, 0.15) is 38.9 Å². The molecule has 0 fully saturated rings. The van der Waals surface area contributed by atoms with E-state index in [1.165, 1.54) is 0 Å². The van der Waals surface area contributed by atoms with Gasteiger partial charge in [0.05, 0.1) is 0 Å². The molecule has 0 atom stereocenters. The fraction of sp³-hybridized carbons (Fsp3) is 0.615. The van der Waals surface area contributed by atoms with Gasteiger partial charge in [-0.2, -0.15) is 0 Å². The zero-order valence-electron chi connectivity index (χ0n) is 12.2. The van der Waals surface area contributed by atoms with E-state index in [1.807, 2.05) is 6.92 Å². The normalized spacial score (nSPS) is 10.2. The lowest BCUT2D eigenvalue weighted by Gasteiger charge is -2.09. The van der Waals surface area contributed by atoms with Crippen molar-refractivity contribution in [1.29, 1.82) is 0 Å². The van der Waals surface area contributed by atoms with Crippen molar-refractivity contribution < 1.29 is 4.79 Å². The van der Waals surface area contributed by atoms with Gasteiger partial charge in [-0.25, -0.2) is 15.8 Å². The average molecular weight is 280 g/mol. The molecule has 0 saturated carbocycles. The molecule has 0 aliphatic rings. The zero-order chi connectivity index (χ0) is 14.8. The van der Waals surface area contributed by atoms with Crippen LogP contribution in [0, 0.1) is 0 Å². The van der Waals surface area contributed by atoms with Crippen molar-refractivity contribution in [3.8, 4) is 0 Å². The Morgan fingerprint density at radius 1 is 1.20 bits per heavy atom. The Morgan fingerprint density at radius 2 is 1.95 bits per heavy atom. The first-order valence-electron chi connectivity index (χ1n) is 7.04. The zero-order valence-corrected chi connectivity index (χ0v) is 12.2. The van der Waals surface area contributed by atoms with Gasteiger partial charge in [0.1, 0.15) is 17.5 Å². The quantitative estimate of drug-likeness (QED) is 0.398. The van der Waals surface area contributed by atoms with Crippen LogP contribution in [0.5, 0.6) is 0 Å². The van der Waals surface area contributed by atoms with E-state index in [9.17, 15) is 4.79 Å². The van der Waals surface area contributed by atoms with Gasteiger partial charge in [-0.3, -0.25) is 4.79 Å². The summed E-state index contributed by atoms with van der Waals surface area (Å²) in [6, 6.07) is 1.73. The maximum Gasteiger partial charge on any atom is 0.221 e. The molecular formula is C13H24N6O. The summed E-state index contributed by atoms with van der Waals surface area (Å²) in [5.74, 6) is 7.41. The number of rotatable bonds is 9. The number of carbonyl (C=O) groups is 1. The highest BCUT2D eigenvalue weighted by molar-refractivity contribution is 5.76. The number of carbonyl (C=O) groups excluding carboxylic acids is 1. The number of nitrogens with one attached hydrogen (secondary N) is 3. The largest absolute Gasteiger partial charge is 0.369 e. The highest BCUT2D eigenvalue weighted by atomic mass is 16.1. The van der Waals surface area contributed by atoms with Gasteiger partial charge in [-0.05, 0) is 12.8 Å². The second kappa shape index (κ2) is 9.08. The molecule has 1 amide bonds. The Labute approximate surface area is 119 Å². The summed E-state index contributed by atoms with van der Waals surface area (Å²) in [6.45, 7) is 5.34. The number of nitrogen functional groups attached to an aromatic ring is 1. The van der Waals surface area contributed by atoms with Crippen LogP contribution in [-0.4, -0.2) is 29.0 Å². The molecule has 1 aromatic rings. The molecule has 0 aliphatic carbocycles. The second-order valence-corrected chi connectivity index (χ2v) is 4.48. The number of aryl methyl sites for hydroxylation is 1. The number of aromatic nitrogens is 2. The number of hydrogen-bond acceptors (Lipinski definition) is 6. The van der Waals surface area contributed by atoms with Crippen molar-refractivity contribution in [2.75, 3.05) is 23.8 Å². The molecule has 1 aromatic heterocycles. The Morgan fingerprint density at radius 3 is 2.60 bits per heavy atom. The molecule has 112 valence electrons. The third-order valence-electron chi connectivity index (χ3n) is 2.62. The van der Waals surface area contributed by atoms with E-state index < -0.39 is 0 Å². The molecule has 0 unspecified atom stereocenters. The van der Waals surface area contributed by atoms with Crippen LogP contribution in [0.3, 0.4) is 0 Å². The molecule has 0 spiro atoms. The minimum atomic E-state index is 0.0411. The van der Waals surface area contributed by atoms with Crippen LogP contribution in [0.25, 0.3) is 0 Å². The van der Waals surface area contributed by atoms with Crippen LogP contribution >= 0.6 is 0 Å². The first-order chi connectivity index (χ1) is 9.69. The topological polar surface area (TPSA) is 105 Å². The van der Waals surface area contributed by atoms with Crippen LogP contribution in [0.2, 0.25) is 0 Å². The summed E-state index contributed by atoms with van der Waals surface area (Å²) in [7, 11) is 0. The third kappa shape index (κ3) is 5.83. The van der Waals surface area contributed by atoms with Crippen molar-refractivity contribution in [3.63, 3.8) is 0 Å². The summed E-state index contributed by atoms with van der Waals surface area (Å²) >= 11 is 0. The van der Waals surface area contributed by atoms with Crippen LogP contribution < -0.4 is 21.9 Å². The summed E-state index contributed by atoms with van der Waals surface area (Å²) in [6.07, 6.45) is 3.11. The van der Waals surface area contributed by atoms with Crippen molar-refractivity contribution in [3.05, 3.63) is 11.9 Å². The van der Waals surface area contributed by atoms with Crippen molar-refractivity contribution in [2.45, 2.75) is 39.5 Å². The average Bonchev–Trinajstić information content (AvgIpc) is 2.45. The van der Waals surface area contributed by atoms with Gasteiger partial charge < -0.3 is 16.1 Å². The van der Waals surface area contributed by atoms with Gasteiger partial charge in [-0.1, -0.05) is 13.8 Å². The summed E-state index contributed by atoms with van der Waals surface area (Å²) in [4.78, 5) is 20.1. The smallest absolute Gasteiger partial charge is 0.221 e. The van der Waals surface area contributed by atoms with Crippen LogP contribution in [-0.2, 0) is 11.2 Å². The van der Waals surface area contributed by atoms with Crippen molar-refractivity contribution >= 4 is 17.5 Å². The Balaban J connectivity index is 2.50. The number of hydrazine groups is 1. The monoisotopic (exact) mass is 280 g/mol. The molecule has 7 heteroatoms. The van der Waals surface area contributed by atoms with Gasteiger partial charge in [0.15, 0.2) is 0 Å². The van der Waals surface area contributed by atoms with E-state index in [-0.39, 0.29) is 5.91 Å². The van der Waals surface area contributed by atoms with E-state index in [2.05, 4.69) is 33.0 Å². The Hall–Kier alpha value is -1.89. The van der Waals surface area contributed by atoms with E-state index in [0.29, 0.717) is 31.1 Å². The fourth-order valence-electron chi connectivity index (χ4n) is 1.65. The molecule has 1 heterocycles. The maximum atomic E-state index is 11.5. The molecule has 1 rings (SSSR count). The highest BCUT2D eigenvalue weighted by Gasteiger charge is 2.04. The van der Waals surface area contributed by atoms with Crippen LogP contribution in [0.15, 0.2) is 6.07 Å². The SMILES string of the molecule is CCCNC(=O)CCNc1cc(NN)nc(CCC)n1. The van der Waals surface area contributed by atoms with E-state index in [0.717, 1.165) is 25.1 Å². The van der Waals surface area contributed by atoms with E-state index in [4.69, 9.17) is 5.84 Å². The molecule has 20 heavy (non-hydrogen) atoms. The van der Waals surface area contributed by atoms with Gasteiger partial charge in [0, 0.05) is 32.0 Å². The molecular weight excluding hydrogens is 256 g/mol. The molecule has 7 nitrogen and oxygen atoms in total. The predicted octanol–water partition coefficient (Wildman–Crippen LogP) is 1.04. The summed E-state index contributed by atoms with van der Waals surface area (Å²) < 4.78 is 0. The van der Waals surface area contributed by atoms with Gasteiger partial charge in [0.25, 0.3) is 0 Å². The maximum absolute atomic E-state index is 11.5. The number of anilines is 2. The standard InChI is InChI=1S/C13H24N6O/c1-3-5-10-17-11(9-12(18-10)19-14)15-8-6-13(20)16-7-4-2/h9H,3-8,14H2,1-2H3,(H,16,20)(H2,15,17,18,19). The lowest BCUT2D eigenvalue weighted by atomic mass is 10.3. The molecule has 5 N–H and O–H groups in total. The van der Waals surface area contributed by atoms with Crippen molar-refractivity contribution in [1.82, 2.24) is 15.3 Å². The van der Waals surface area contributed by atoms with Gasteiger partial charge in [0.2, 0.25) is 5.91 Å². The molecule has 0 radical (unpaired) electrons. The van der Waals surface area contributed by atoms with Gasteiger partial charge in [-0.15, -0.1) is 0 Å². The molecule has 0 aromatic carbocycles. The fourth-order valence-corrected chi connectivity index (χ4v) is 1.65. The number of amides is 1.